The summed E-state index contributed by atoms with van der Waals surface area (Å²) in [6, 6.07) is 6.44. The monoisotopic (exact) mass is 298 g/mol. The number of nitrogens with zero attached hydrogens (tertiary/aromatic N) is 3. The van der Waals surface area contributed by atoms with Gasteiger partial charge in [0, 0.05) is 31.8 Å². The molecule has 1 aliphatic carbocycles. The predicted molar refractivity (Wildman–Crippen MR) is 85.7 cm³/mol. The third-order valence-electron chi connectivity index (χ3n) is 4.28. The van der Waals surface area contributed by atoms with E-state index in [4.69, 9.17) is 15.0 Å². The summed E-state index contributed by atoms with van der Waals surface area (Å²) in [5.74, 6) is 1.06. The summed E-state index contributed by atoms with van der Waals surface area (Å²) in [6.45, 7) is 6.30. The van der Waals surface area contributed by atoms with Crippen LogP contribution in [-0.4, -0.2) is 37.8 Å². The number of ether oxygens (including phenoxy) is 1. The molecule has 1 unspecified atom stereocenters. The van der Waals surface area contributed by atoms with Gasteiger partial charge in [0.25, 0.3) is 0 Å². The molecular weight excluding hydrogens is 276 g/mol. The van der Waals surface area contributed by atoms with Gasteiger partial charge in [-0.2, -0.15) is 5.26 Å². The van der Waals surface area contributed by atoms with Crippen molar-refractivity contribution in [2.75, 3.05) is 37.7 Å². The molecule has 1 atom stereocenters. The molecule has 1 saturated heterocycles. The summed E-state index contributed by atoms with van der Waals surface area (Å²) in [6.07, 6.45) is 3.89. The Morgan fingerprint density at radius 1 is 1.50 bits per heavy atom. The fraction of sp³-hybridized carbons (Fsp3) is 0.529. The van der Waals surface area contributed by atoms with Crippen LogP contribution >= 0.6 is 0 Å². The number of piperazine rings is 1. The Balaban J connectivity index is 1.70. The highest BCUT2D eigenvalue weighted by molar-refractivity contribution is 5.44. The van der Waals surface area contributed by atoms with Crippen LogP contribution < -0.4 is 10.2 Å². The first-order valence-electron chi connectivity index (χ1n) is 7.92. The van der Waals surface area contributed by atoms with Crippen molar-refractivity contribution in [2.45, 2.75) is 25.9 Å². The smallest absolute Gasteiger partial charge is 0.129 e. The van der Waals surface area contributed by atoms with E-state index in [-0.39, 0.29) is 6.10 Å². The SMILES string of the molecule is C/C(C#N)=C\COC1CCc2ccc(N3CCNCC3)nc21. The first-order chi connectivity index (χ1) is 10.8. The fourth-order valence-electron chi connectivity index (χ4n) is 2.97. The van der Waals surface area contributed by atoms with Crippen LogP contribution in [0.5, 0.6) is 0 Å². The molecule has 0 bridgehead atoms. The minimum atomic E-state index is 0.0561. The Hall–Kier alpha value is -1.90. The third kappa shape index (κ3) is 3.29. The number of fused-ring (bicyclic) bond motifs is 1. The molecule has 2 aliphatic rings. The second-order valence-electron chi connectivity index (χ2n) is 5.81. The Morgan fingerprint density at radius 3 is 3.09 bits per heavy atom. The Labute approximate surface area is 131 Å². The van der Waals surface area contributed by atoms with Crippen LogP contribution in [0.15, 0.2) is 23.8 Å². The number of rotatable bonds is 4. The molecule has 1 fully saturated rings. The van der Waals surface area contributed by atoms with Crippen LogP contribution in [0.4, 0.5) is 5.82 Å². The van der Waals surface area contributed by atoms with Gasteiger partial charge in [-0.15, -0.1) is 0 Å². The van der Waals surface area contributed by atoms with Crippen molar-refractivity contribution in [1.29, 1.82) is 5.26 Å². The van der Waals surface area contributed by atoms with Gasteiger partial charge in [0.1, 0.15) is 11.9 Å². The van der Waals surface area contributed by atoms with Gasteiger partial charge >= 0.3 is 0 Å². The Bertz CT molecular complexity index is 599. The number of anilines is 1. The number of hydrogen-bond acceptors (Lipinski definition) is 5. The largest absolute Gasteiger partial charge is 0.368 e. The van der Waals surface area contributed by atoms with Crippen molar-refractivity contribution in [1.82, 2.24) is 10.3 Å². The molecule has 0 saturated carbocycles. The summed E-state index contributed by atoms with van der Waals surface area (Å²) in [7, 11) is 0. The van der Waals surface area contributed by atoms with E-state index in [0.717, 1.165) is 50.5 Å². The first-order valence-corrected chi connectivity index (χ1v) is 7.92. The molecule has 116 valence electrons. The van der Waals surface area contributed by atoms with Gasteiger partial charge in [0.05, 0.1) is 18.4 Å². The van der Waals surface area contributed by atoms with Gasteiger partial charge < -0.3 is 15.0 Å². The first kappa shape index (κ1) is 15.0. The number of pyridine rings is 1. The number of nitrogens with one attached hydrogen (secondary N) is 1. The van der Waals surface area contributed by atoms with E-state index in [1.165, 1.54) is 5.56 Å². The van der Waals surface area contributed by atoms with Crippen LogP contribution in [-0.2, 0) is 11.2 Å². The molecule has 5 heteroatoms. The zero-order valence-corrected chi connectivity index (χ0v) is 13.0. The van der Waals surface area contributed by atoms with E-state index >= 15 is 0 Å². The normalized spacial score (nSPS) is 21.5. The lowest BCUT2D eigenvalue weighted by atomic mass is 10.2. The number of nitriles is 1. The topological polar surface area (TPSA) is 61.2 Å². The van der Waals surface area contributed by atoms with Crippen LogP contribution in [0.25, 0.3) is 0 Å². The van der Waals surface area contributed by atoms with Gasteiger partial charge in [0.2, 0.25) is 0 Å². The van der Waals surface area contributed by atoms with Gasteiger partial charge in [-0.3, -0.25) is 0 Å². The number of aryl methyl sites for hydroxylation is 1. The van der Waals surface area contributed by atoms with Crippen molar-refractivity contribution in [3.8, 4) is 6.07 Å². The van der Waals surface area contributed by atoms with Crippen molar-refractivity contribution < 1.29 is 4.74 Å². The lowest BCUT2D eigenvalue weighted by Crippen LogP contribution is -2.44. The van der Waals surface area contributed by atoms with E-state index in [2.05, 4.69) is 28.4 Å². The highest BCUT2D eigenvalue weighted by Crippen LogP contribution is 2.34. The van der Waals surface area contributed by atoms with Gasteiger partial charge in [0.15, 0.2) is 0 Å². The average molecular weight is 298 g/mol. The molecular formula is C17H22N4O. The Kier molecular flexibility index (Phi) is 4.71. The zero-order chi connectivity index (χ0) is 15.4. The molecule has 0 radical (unpaired) electrons. The molecule has 1 aromatic heterocycles. The fourth-order valence-corrected chi connectivity index (χ4v) is 2.97. The van der Waals surface area contributed by atoms with Crippen LogP contribution in [0, 0.1) is 11.3 Å². The lowest BCUT2D eigenvalue weighted by molar-refractivity contribution is 0.0726. The molecule has 1 N–H and O–H groups in total. The second-order valence-corrected chi connectivity index (χ2v) is 5.81. The number of allylic oxidation sites excluding steroid dienone is 1. The second kappa shape index (κ2) is 6.91. The molecule has 5 nitrogen and oxygen atoms in total. The van der Waals surface area contributed by atoms with Gasteiger partial charge in [-0.1, -0.05) is 6.07 Å². The highest BCUT2D eigenvalue weighted by Gasteiger charge is 2.26. The van der Waals surface area contributed by atoms with E-state index < -0.39 is 0 Å². The van der Waals surface area contributed by atoms with Crippen LogP contribution in [0.1, 0.15) is 30.7 Å². The highest BCUT2D eigenvalue weighted by atomic mass is 16.5. The van der Waals surface area contributed by atoms with Crippen molar-refractivity contribution >= 4 is 5.82 Å². The average Bonchev–Trinajstić information content (AvgIpc) is 2.98. The van der Waals surface area contributed by atoms with Crippen molar-refractivity contribution in [3.63, 3.8) is 0 Å². The van der Waals surface area contributed by atoms with Gasteiger partial charge in [-0.25, -0.2) is 4.98 Å². The molecule has 0 aromatic carbocycles. The number of hydrogen-bond donors (Lipinski definition) is 1. The maximum absolute atomic E-state index is 8.77. The molecule has 0 spiro atoms. The Morgan fingerprint density at radius 2 is 2.32 bits per heavy atom. The summed E-state index contributed by atoms with van der Waals surface area (Å²) in [5.41, 5.74) is 3.07. The molecule has 1 aromatic rings. The molecule has 1 aliphatic heterocycles. The summed E-state index contributed by atoms with van der Waals surface area (Å²) < 4.78 is 5.92. The summed E-state index contributed by atoms with van der Waals surface area (Å²) in [4.78, 5) is 7.19. The zero-order valence-electron chi connectivity index (χ0n) is 13.0. The summed E-state index contributed by atoms with van der Waals surface area (Å²) >= 11 is 0. The van der Waals surface area contributed by atoms with E-state index in [0.29, 0.717) is 12.2 Å². The minimum Gasteiger partial charge on any atom is -0.368 e. The van der Waals surface area contributed by atoms with Crippen molar-refractivity contribution in [2.24, 2.45) is 0 Å². The molecule has 0 amide bonds. The summed E-state index contributed by atoms with van der Waals surface area (Å²) in [5, 5.41) is 12.1. The maximum atomic E-state index is 8.77. The lowest BCUT2D eigenvalue weighted by Gasteiger charge is -2.29. The predicted octanol–water partition coefficient (Wildman–Crippen LogP) is 1.96. The van der Waals surface area contributed by atoms with Crippen LogP contribution in [0.3, 0.4) is 0 Å². The van der Waals surface area contributed by atoms with E-state index in [1.54, 1.807) is 6.92 Å². The van der Waals surface area contributed by atoms with Crippen molar-refractivity contribution in [3.05, 3.63) is 35.0 Å². The minimum absolute atomic E-state index is 0.0561. The quantitative estimate of drug-likeness (QED) is 0.861. The third-order valence-corrected chi connectivity index (χ3v) is 4.28. The van der Waals surface area contributed by atoms with Crippen LogP contribution in [0.2, 0.25) is 0 Å². The van der Waals surface area contributed by atoms with E-state index in [9.17, 15) is 0 Å². The molecule has 3 rings (SSSR count). The number of aromatic nitrogens is 1. The van der Waals surface area contributed by atoms with Gasteiger partial charge in [-0.05, 0) is 37.5 Å². The standard InChI is InChI=1S/C17H22N4O/c1-13(12-18)6-11-22-15-4-2-14-3-5-16(20-17(14)15)21-9-7-19-8-10-21/h3,5-6,15,19H,2,4,7-11H2,1H3/b13-6+. The van der Waals surface area contributed by atoms with E-state index in [1.807, 2.05) is 6.08 Å². The molecule has 2 heterocycles. The maximum Gasteiger partial charge on any atom is 0.129 e. The molecule has 22 heavy (non-hydrogen) atoms.